The minimum Gasteiger partial charge on any atom is -0.355 e. The summed E-state index contributed by atoms with van der Waals surface area (Å²) in [5.74, 6) is 1.17. The summed E-state index contributed by atoms with van der Waals surface area (Å²) in [7, 11) is 1.79. The van der Waals surface area contributed by atoms with Crippen molar-refractivity contribution < 1.29 is 4.79 Å². The van der Waals surface area contributed by atoms with E-state index in [0.29, 0.717) is 11.8 Å². The van der Waals surface area contributed by atoms with Gasteiger partial charge in [-0.3, -0.25) is 4.79 Å². The summed E-state index contributed by atoms with van der Waals surface area (Å²) in [4.78, 5) is 29.8. The van der Waals surface area contributed by atoms with Crippen molar-refractivity contribution in [2.75, 3.05) is 22.2 Å². The molecule has 1 aliphatic rings. The Labute approximate surface area is 170 Å². The smallest absolute Gasteiger partial charge is 0.249 e. The average Bonchev–Trinajstić information content (AvgIpc) is 2.73. The molecule has 1 amide bonds. The van der Waals surface area contributed by atoms with Crippen LogP contribution in [-0.4, -0.2) is 40.0 Å². The van der Waals surface area contributed by atoms with Crippen LogP contribution in [0.2, 0.25) is 0 Å². The molecule has 0 bridgehead atoms. The fourth-order valence-electron chi connectivity index (χ4n) is 3.73. The number of aromatic nitrogens is 3. The molecule has 2 aromatic heterocycles. The number of hydrogen-bond donors (Lipinski definition) is 1. The molecule has 1 aromatic carbocycles. The number of nitrogens with zero attached hydrogens (tertiary/aromatic N) is 5. The summed E-state index contributed by atoms with van der Waals surface area (Å²) >= 11 is 0. The Morgan fingerprint density at radius 3 is 2.55 bits per heavy atom. The lowest BCUT2D eigenvalue weighted by atomic mass is 10.1. The number of benzene rings is 1. The number of likely N-dealkylation sites (N-methyl/N-ethyl adjacent to an activating group) is 1. The van der Waals surface area contributed by atoms with Crippen LogP contribution in [0.15, 0.2) is 54.9 Å². The molecule has 0 radical (unpaired) electrons. The van der Waals surface area contributed by atoms with Gasteiger partial charge in [-0.05, 0) is 26.8 Å². The number of hydrogen-bond acceptors (Lipinski definition) is 6. The van der Waals surface area contributed by atoms with Gasteiger partial charge in [0.2, 0.25) is 11.9 Å². The molecular weight excluding hydrogens is 364 g/mol. The molecule has 7 heteroatoms. The van der Waals surface area contributed by atoms with E-state index >= 15 is 0 Å². The number of rotatable bonds is 4. The maximum atomic E-state index is 12.6. The highest BCUT2D eigenvalue weighted by atomic mass is 16.2. The molecule has 0 unspecified atom stereocenters. The van der Waals surface area contributed by atoms with Crippen LogP contribution in [0.25, 0.3) is 11.3 Å². The zero-order chi connectivity index (χ0) is 20.5. The maximum Gasteiger partial charge on any atom is 0.249 e. The van der Waals surface area contributed by atoms with Gasteiger partial charge >= 0.3 is 0 Å². The molecule has 3 heterocycles. The zero-order valence-electron chi connectivity index (χ0n) is 17.0. The molecule has 1 N–H and O–H groups in total. The van der Waals surface area contributed by atoms with Crippen LogP contribution in [0.3, 0.4) is 0 Å². The van der Waals surface area contributed by atoms with Crippen LogP contribution in [0, 0.1) is 0 Å². The second-order valence-corrected chi connectivity index (χ2v) is 7.39. The van der Waals surface area contributed by atoms with Crippen molar-refractivity contribution in [3.63, 3.8) is 0 Å². The molecule has 0 fully saturated rings. The van der Waals surface area contributed by atoms with Crippen molar-refractivity contribution in [2.24, 2.45) is 0 Å². The fourth-order valence-corrected chi connectivity index (χ4v) is 3.73. The van der Waals surface area contributed by atoms with Gasteiger partial charge in [-0.1, -0.05) is 30.3 Å². The molecule has 1 aliphatic heterocycles. The summed E-state index contributed by atoms with van der Waals surface area (Å²) in [6, 6.07) is 13.7. The van der Waals surface area contributed by atoms with Crippen LogP contribution in [0.5, 0.6) is 0 Å². The van der Waals surface area contributed by atoms with E-state index in [1.165, 1.54) is 0 Å². The van der Waals surface area contributed by atoms with Crippen molar-refractivity contribution in [1.82, 2.24) is 15.0 Å². The van der Waals surface area contributed by atoms with E-state index < -0.39 is 0 Å². The molecule has 0 saturated heterocycles. The number of pyridine rings is 1. The Balaban J connectivity index is 1.67. The first-order valence-corrected chi connectivity index (χ1v) is 9.67. The number of carbonyl (C=O) groups excluding carboxylic acids is 1. The van der Waals surface area contributed by atoms with Crippen LogP contribution in [0.4, 0.5) is 23.1 Å². The first-order valence-electron chi connectivity index (χ1n) is 9.67. The molecule has 4 rings (SSSR count). The Bertz CT molecular complexity index is 1040. The Morgan fingerprint density at radius 2 is 1.83 bits per heavy atom. The summed E-state index contributed by atoms with van der Waals surface area (Å²) in [5.41, 5.74) is 3.62. The number of amides is 1. The summed E-state index contributed by atoms with van der Waals surface area (Å²) in [6.45, 7) is 6.10. The molecule has 3 aromatic rings. The van der Waals surface area contributed by atoms with Crippen molar-refractivity contribution in [2.45, 2.75) is 32.9 Å². The molecule has 7 nitrogen and oxygen atoms in total. The fraction of sp³-hybridized carbons (Fsp3) is 0.273. The topological polar surface area (TPSA) is 74.2 Å². The highest BCUT2D eigenvalue weighted by Crippen LogP contribution is 2.37. The highest BCUT2D eigenvalue weighted by molar-refractivity contribution is 6.05. The van der Waals surface area contributed by atoms with Gasteiger partial charge in [-0.15, -0.1) is 0 Å². The standard InChI is InChI=1S/C22H24N6O/c1-14(2)28-15(3)21(29)27(4)19-13-24-20(12-18(19)28)26-22-23-11-10-17(25-22)16-8-6-5-7-9-16/h5-15H,1-4H3,(H,23,24,25,26)/t15-/m1/s1. The monoisotopic (exact) mass is 388 g/mol. The third-order valence-corrected chi connectivity index (χ3v) is 5.13. The van der Waals surface area contributed by atoms with Crippen molar-refractivity contribution in [1.29, 1.82) is 0 Å². The number of fused-ring (bicyclic) bond motifs is 1. The third-order valence-electron chi connectivity index (χ3n) is 5.13. The summed E-state index contributed by atoms with van der Waals surface area (Å²) in [6.07, 6.45) is 3.45. The maximum absolute atomic E-state index is 12.6. The van der Waals surface area contributed by atoms with Crippen molar-refractivity contribution >= 4 is 29.0 Å². The van der Waals surface area contributed by atoms with Gasteiger partial charge in [0.25, 0.3) is 0 Å². The van der Waals surface area contributed by atoms with Gasteiger partial charge in [0, 0.05) is 30.9 Å². The molecule has 0 spiro atoms. The second-order valence-electron chi connectivity index (χ2n) is 7.39. The molecule has 148 valence electrons. The van der Waals surface area contributed by atoms with Gasteiger partial charge in [0.05, 0.1) is 23.3 Å². The minimum atomic E-state index is -0.236. The van der Waals surface area contributed by atoms with Gasteiger partial charge in [-0.25, -0.2) is 15.0 Å². The highest BCUT2D eigenvalue weighted by Gasteiger charge is 2.35. The van der Waals surface area contributed by atoms with Crippen LogP contribution < -0.4 is 15.1 Å². The Hall–Kier alpha value is -3.48. The molecule has 0 aliphatic carbocycles. The largest absolute Gasteiger partial charge is 0.355 e. The minimum absolute atomic E-state index is 0.0626. The van der Waals surface area contributed by atoms with E-state index in [0.717, 1.165) is 22.6 Å². The Kier molecular flexibility index (Phi) is 4.88. The van der Waals surface area contributed by atoms with E-state index in [4.69, 9.17) is 0 Å². The van der Waals surface area contributed by atoms with E-state index in [1.54, 1.807) is 24.3 Å². The van der Waals surface area contributed by atoms with E-state index in [2.05, 4.69) is 39.0 Å². The predicted molar refractivity (Wildman–Crippen MR) is 115 cm³/mol. The van der Waals surface area contributed by atoms with Crippen molar-refractivity contribution in [3.05, 3.63) is 54.9 Å². The lowest BCUT2D eigenvalue weighted by Gasteiger charge is -2.42. The van der Waals surface area contributed by atoms with Gasteiger partial charge in [0.1, 0.15) is 11.9 Å². The van der Waals surface area contributed by atoms with Gasteiger partial charge in [-0.2, -0.15) is 0 Å². The van der Waals surface area contributed by atoms with Crippen LogP contribution in [0.1, 0.15) is 20.8 Å². The number of nitrogens with one attached hydrogen (secondary N) is 1. The third kappa shape index (κ3) is 3.51. The van der Waals surface area contributed by atoms with E-state index in [9.17, 15) is 4.79 Å². The van der Waals surface area contributed by atoms with Crippen LogP contribution in [-0.2, 0) is 4.79 Å². The summed E-state index contributed by atoms with van der Waals surface area (Å²) in [5, 5.41) is 3.20. The summed E-state index contributed by atoms with van der Waals surface area (Å²) < 4.78 is 0. The number of anilines is 4. The zero-order valence-corrected chi connectivity index (χ0v) is 17.0. The SMILES string of the molecule is CC(C)N1c2cc(Nc3nccc(-c4ccccc4)n3)ncc2N(C)C(=O)[C@H]1C. The first-order chi connectivity index (χ1) is 14.0. The quantitative estimate of drug-likeness (QED) is 0.732. The lowest BCUT2D eigenvalue weighted by molar-refractivity contribution is -0.119. The number of carbonyl (C=O) groups is 1. The Morgan fingerprint density at radius 1 is 1.07 bits per heavy atom. The second kappa shape index (κ2) is 7.50. The van der Waals surface area contributed by atoms with Crippen molar-refractivity contribution in [3.8, 4) is 11.3 Å². The molecular formula is C22H24N6O. The van der Waals surface area contributed by atoms with Gasteiger partial charge < -0.3 is 15.1 Å². The molecule has 29 heavy (non-hydrogen) atoms. The van der Waals surface area contributed by atoms with Gasteiger partial charge in [0.15, 0.2) is 0 Å². The predicted octanol–water partition coefficient (Wildman–Crippen LogP) is 3.86. The van der Waals surface area contributed by atoms with E-state index in [-0.39, 0.29) is 18.0 Å². The van der Waals surface area contributed by atoms with Crippen LogP contribution >= 0.6 is 0 Å². The lowest BCUT2D eigenvalue weighted by Crippen LogP contribution is -2.53. The van der Waals surface area contributed by atoms with E-state index in [1.807, 2.05) is 49.4 Å². The normalized spacial score (nSPS) is 16.2. The molecule has 0 saturated carbocycles. The first kappa shape index (κ1) is 18.9. The molecule has 1 atom stereocenters. The average molecular weight is 388 g/mol.